The zero-order chi connectivity index (χ0) is 21.1. The number of amides is 2. The first-order chi connectivity index (χ1) is 14.0. The Balaban J connectivity index is 0.000000212. The summed E-state index contributed by atoms with van der Waals surface area (Å²) in [4.78, 5) is 24.3. The molecule has 6 nitrogen and oxygen atoms in total. The van der Waals surface area contributed by atoms with Gasteiger partial charge in [-0.05, 0) is 61.4 Å². The van der Waals surface area contributed by atoms with Crippen LogP contribution in [0.2, 0.25) is 10.0 Å². The minimum Gasteiger partial charge on any atom is -0.484 e. The lowest BCUT2D eigenvalue weighted by atomic mass is 10.3. The van der Waals surface area contributed by atoms with Crippen molar-refractivity contribution in [1.29, 1.82) is 0 Å². The van der Waals surface area contributed by atoms with Crippen molar-refractivity contribution in [3.63, 3.8) is 0 Å². The average Bonchev–Trinajstić information content (AvgIpc) is 3.28. The second kappa shape index (κ2) is 12.2. The SMILES string of the molecule is CNC(=O)COc1ccc(Cl)cc1.O=C(COc1ccc(Cl)cc1)N1CCCC1. The molecule has 1 heterocycles. The van der Waals surface area contributed by atoms with Crippen LogP contribution in [0.1, 0.15) is 12.8 Å². The molecular weight excluding hydrogens is 415 g/mol. The topological polar surface area (TPSA) is 67.9 Å². The quantitative estimate of drug-likeness (QED) is 0.744. The van der Waals surface area contributed by atoms with E-state index in [9.17, 15) is 9.59 Å². The second-order valence-electron chi connectivity index (χ2n) is 6.25. The number of nitrogens with one attached hydrogen (secondary N) is 1. The third-order valence-electron chi connectivity index (χ3n) is 4.10. The maximum absolute atomic E-state index is 11.7. The third kappa shape index (κ3) is 8.62. The average molecular weight is 439 g/mol. The zero-order valence-corrected chi connectivity index (χ0v) is 17.7. The molecule has 2 aromatic rings. The molecule has 1 aliphatic heterocycles. The molecule has 8 heteroatoms. The first kappa shape index (κ1) is 22.8. The molecule has 2 aromatic carbocycles. The standard InChI is InChI=1S/C12H14ClNO2.C9H10ClNO2/c13-10-3-5-11(6-4-10)16-9-12(15)14-7-1-2-8-14;1-11-9(12)6-13-8-4-2-7(10)3-5-8/h3-6H,1-2,7-9H2;2-5H,6H2,1H3,(H,11,12). The predicted molar refractivity (Wildman–Crippen MR) is 114 cm³/mol. The summed E-state index contributed by atoms with van der Waals surface area (Å²) in [6, 6.07) is 13.9. The second-order valence-corrected chi connectivity index (χ2v) is 7.12. The lowest BCUT2D eigenvalue weighted by molar-refractivity contribution is -0.132. The number of benzene rings is 2. The lowest BCUT2D eigenvalue weighted by Crippen LogP contribution is -2.32. The number of likely N-dealkylation sites (N-methyl/N-ethyl adjacent to an activating group) is 1. The van der Waals surface area contributed by atoms with Crippen molar-refractivity contribution in [2.75, 3.05) is 33.4 Å². The van der Waals surface area contributed by atoms with Gasteiger partial charge in [0, 0.05) is 30.2 Å². The Labute approximate surface area is 180 Å². The van der Waals surface area contributed by atoms with E-state index in [-0.39, 0.29) is 25.0 Å². The molecule has 1 aliphatic rings. The summed E-state index contributed by atoms with van der Waals surface area (Å²) in [6.45, 7) is 1.87. The maximum atomic E-state index is 11.7. The van der Waals surface area contributed by atoms with Gasteiger partial charge in [0.15, 0.2) is 13.2 Å². The van der Waals surface area contributed by atoms with E-state index in [0.29, 0.717) is 21.5 Å². The molecule has 0 unspecified atom stereocenters. The van der Waals surface area contributed by atoms with Gasteiger partial charge in [0.2, 0.25) is 0 Å². The fourth-order valence-corrected chi connectivity index (χ4v) is 2.74. The predicted octanol–water partition coefficient (Wildman–Crippen LogP) is 3.81. The Bertz CT molecular complexity index is 776. The number of carbonyl (C=O) groups excluding carboxylic acids is 2. The summed E-state index contributed by atoms with van der Waals surface area (Å²) in [6.07, 6.45) is 2.21. The number of likely N-dealkylation sites (tertiary alicyclic amines) is 1. The van der Waals surface area contributed by atoms with Crippen LogP contribution in [0.15, 0.2) is 48.5 Å². The van der Waals surface area contributed by atoms with Crippen LogP contribution >= 0.6 is 23.2 Å². The van der Waals surface area contributed by atoms with Gasteiger partial charge >= 0.3 is 0 Å². The highest BCUT2D eigenvalue weighted by atomic mass is 35.5. The smallest absolute Gasteiger partial charge is 0.260 e. The fourth-order valence-electron chi connectivity index (χ4n) is 2.49. The van der Waals surface area contributed by atoms with Gasteiger partial charge in [-0.15, -0.1) is 0 Å². The Morgan fingerprint density at radius 2 is 1.31 bits per heavy atom. The summed E-state index contributed by atoms with van der Waals surface area (Å²) >= 11 is 11.4. The summed E-state index contributed by atoms with van der Waals surface area (Å²) in [5.41, 5.74) is 0. The number of rotatable bonds is 6. The van der Waals surface area contributed by atoms with Crippen molar-refractivity contribution in [1.82, 2.24) is 10.2 Å². The molecule has 0 aliphatic carbocycles. The molecular formula is C21H24Cl2N2O4. The molecule has 0 radical (unpaired) electrons. The largest absolute Gasteiger partial charge is 0.484 e. The molecule has 156 valence electrons. The van der Waals surface area contributed by atoms with E-state index >= 15 is 0 Å². The van der Waals surface area contributed by atoms with E-state index in [0.717, 1.165) is 25.9 Å². The van der Waals surface area contributed by atoms with Crippen LogP contribution in [0.4, 0.5) is 0 Å². The van der Waals surface area contributed by atoms with E-state index in [1.54, 1.807) is 55.6 Å². The molecule has 29 heavy (non-hydrogen) atoms. The molecule has 0 saturated carbocycles. The van der Waals surface area contributed by atoms with Crippen LogP contribution in [-0.4, -0.2) is 50.1 Å². The number of halogens is 2. The molecule has 1 N–H and O–H groups in total. The van der Waals surface area contributed by atoms with Gasteiger partial charge in [0.25, 0.3) is 11.8 Å². The van der Waals surface area contributed by atoms with E-state index < -0.39 is 0 Å². The molecule has 0 atom stereocenters. The summed E-state index contributed by atoms with van der Waals surface area (Å²) < 4.78 is 10.5. The van der Waals surface area contributed by atoms with Crippen molar-refractivity contribution >= 4 is 35.0 Å². The highest BCUT2D eigenvalue weighted by Crippen LogP contribution is 2.16. The molecule has 1 fully saturated rings. The van der Waals surface area contributed by atoms with Crippen molar-refractivity contribution in [2.45, 2.75) is 12.8 Å². The van der Waals surface area contributed by atoms with Gasteiger partial charge in [-0.1, -0.05) is 23.2 Å². The zero-order valence-electron chi connectivity index (χ0n) is 16.2. The molecule has 0 aromatic heterocycles. The van der Waals surface area contributed by atoms with E-state index in [1.807, 2.05) is 4.90 Å². The fraction of sp³-hybridized carbons (Fsp3) is 0.333. The molecule has 0 spiro atoms. The Hall–Kier alpha value is -2.44. The van der Waals surface area contributed by atoms with Gasteiger partial charge in [-0.3, -0.25) is 9.59 Å². The molecule has 2 amide bonds. The number of nitrogens with zero attached hydrogens (tertiary/aromatic N) is 1. The first-order valence-corrected chi connectivity index (χ1v) is 9.98. The van der Waals surface area contributed by atoms with Crippen LogP contribution in [-0.2, 0) is 9.59 Å². The minimum absolute atomic E-state index is 0.0259. The van der Waals surface area contributed by atoms with Crippen LogP contribution in [0.5, 0.6) is 11.5 Å². The third-order valence-corrected chi connectivity index (χ3v) is 4.60. The highest BCUT2D eigenvalue weighted by Gasteiger charge is 2.17. The van der Waals surface area contributed by atoms with Crippen LogP contribution in [0, 0.1) is 0 Å². The summed E-state index contributed by atoms with van der Waals surface area (Å²) in [5.74, 6) is 1.22. The Morgan fingerprint density at radius 1 is 0.862 bits per heavy atom. The highest BCUT2D eigenvalue weighted by molar-refractivity contribution is 6.30. The number of hydrogen-bond acceptors (Lipinski definition) is 4. The lowest BCUT2D eigenvalue weighted by Gasteiger charge is -2.15. The van der Waals surface area contributed by atoms with Gasteiger partial charge in [-0.2, -0.15) is 0 Å². The number of hydrogen-bond donors (Lipinski definition) is 1. The van der Waals surface area contributed by atoms with Crippen LogP contribution < -0.4 is 14.8 Å². The van der Waals surface area contributed by atoms with Gasteiger partial charge in [0.05, 0.1) is 0 Å². The summed E-state index contributed by atoms with van der Waals surface area (Å²) in [7, 11) is 1.56. The van der Waals surface area contributed by atoms with Crippen LogP contribution in [0.25, 0.3) is 0 Å². The monoisotopic (exact) mass is 438 g/mol. The van der Waals surface area contributed by atoms with E-state index in [2.05, 4.69) is 5.32 Å². The van der Waals surface area contributed by atoms with Crippen molar-refractivity contribution in [3.05, 3.63) is 58.6 Å². The molecule has 1 saturated heterocycles. The Morgan fingerprint density at radius 3 is 1.76 bits per heavy atom. The maximum Gasteiger partial charge on any atom is 0.260 e. The van der Waals surface area contributed by atoms with Gasteiger partial charge in [0.1, 0.15) is 11.5 Å². The van der Waals surface area contributed by atoms with Gasteiger partial charge < -0.3 is 19.7 Å². The first-order valence-electron chi connectivity index (χ1n) is 9.23. The molecule has 3 rings (SSSR count). The van der Waals surface area contributed by atoms with Crippen molar-refractivity contribution in [3.8, 4) is 11.5 Å². The van der Waals surface area contributed by atoms with Gasteiger partial charge in [-0.25, -0.2) is 0 Å². The minimum atomic E-state index is -0.157. The van der Waals surface area contributed by atoms with Crippen molar-refractivity contribution < 1.29 is 19.1 Å². The van der Waals surface area contributed by atoms with E-state index in [1.165, 1.54) is 0 Å². The van der Waals surface area contributed by atoms with E-state index in [4.69, 9.17) is 32.7 Å². The summed E-state index contributed by atoms with van der Waals surface area (Å²) in [5, 5.41) is 3.77. The Kier molecular flexibility index (Phi) is 9.60. The normalized spacial score (nSPS) is 12.6. The number of ether oxygens (including phenoxy) is 2. The molecule has 0 bridgehead atoms. The number of carbonyl (C=O) groups is 2. The van der Waals surface area contributed by atoms with Crippen molar-refractivity contribution in [2.24, 2.45) is 0 Å². The van der Waals surface area contributed by atoms with Crippen LogP contribution in [0.3, 0.4) is 0 Å².